The second-order valence-electron chi connectivity index (χ2n) is 13.9. The molecule has 0 amide bonds. The third-order valence-electron chi connectivity index (χ3n) is 10.6. The van der Waals surface area contributed by atoms with Gasteiger partial charge in [-0.15, -0.1) is 0 Å². The number of halogens is 8. The lowest BCUT2D eigenvalue weighted by Gasteiger charge is -2.37. The molecule has 0 atom stereocenters. The average molecular weight is 819 g/mol. The molecule has 0 saturated carbocycles. The Morgan fingerprint density at radius 2 is 1.12 bits per heavy atom. The van der Waals surface area contributed by atoms with E-state index in [1.807, 2.05) is 6.07 Å². The van der Waals surface area contributed by atoms with E-state index in [2.05, 4.69) is 25.3 Å². The van der Waals surface area contributed by atoms with Crippen molar-refractivity contribution >= 4 is 35.6 Å². The van der Waals surface area contributed by atoms with Crippen LogP contribution in [0.2, 0.25) is 0 Å². The van der Waals surface area contributed by atoms with Crippen LogP contribution in [-0.2, 0) is 35.2 Å². The second-order valence-corrected chi connectivity index (χ2v) is 13.9. The number of hydrogen-bond donors (Lipinski definition) is 2. The molecule has 5 aliphatic heterocycles. The minimum absolute atomic E-state index is 0.333. The number of benzene rings is 4. The van der Waals surface area contributed by atoms with E-state index in [0.717, 1.165) is 43.6 Å². The van der Waals surface area contributed by atoms with Gasteiger partial charge in [0.25, 0.3) is 6.47 Å². The van der Waals surface area contributed by atoms with Crippen LogP contribution in [0.4, 0.5) is 46.5 Å². The molecule has 9 rings (SSSR count). The van der Waals surface area contributed by atoms with Crippen molar-refractivity contribution in [1.82, 2.24) is 0 Å². The van der Waals surface area contributed by atoms with Crippen molar-refractivity contribution in [3.63, 3.8) is 0 Å². The number of esters is 2. The van der Waals surface area contributed by atoms with Crippen LogP contribution in [0.25, 0.3) is 0 Å². The highest BCUT2D eigenvalue weighted by molar-refractivity contribution is 6.15. The summed E-state index contributed by atoms with van der Waals surface area (Å²) in [5, 5.41) is 20.5. The zero-order chi connectivity index (χ0) is 41.7. The first-order valence-corrected chi connectivity index (χ1v) is 18.0. The van der Waals surface area contributed by atoms with Gasteiger partial charge >= 0.3 is 11.9 Å². The van der Waals surface area contributed by atoms with Gasteiger partial charge in [0.05, 0.1) is 5.56 Å². The Bertz CT molecular complexity index is 2390. The molecule has 0 saturated heterocycles. The third kappa shape index (κ3) is 6.62. The largest absolute Gasteiger partial charge is 0.508 e. The van der Waals surface area contributed by atoms with E-state index in [1.165, 1.54) is 55.2 Å². The number of aryl methyl sites for hydroxylation is 2. The summed E-state index contributed by atoms with van der Waals surface area (Å²) < 4.78 is 115. The lowest BCUT2D eigenvalue weighted by Crippen LogP contribution is -2.34. The number of carbonyl (C=O) groups is 4. The number of cyclic esters (lactones) is 2. The topological polar surface area (TPSA) is 134 Å². The molecular formula is C40H30F8N2O8. The molecule has 304 valence electrons. The van der Waals surface area contributed by atoms with Gasteiger partial charge < -0.3 is 29.5 Å². The molecule has 58 heavy (non-hydrogen) atoms. The van der Waals surface area contributed by atoms with Gasteiger partial charge in [0.2, 0.25) is 17.4 Å². The van der Waals surface area contributed by atoms with Crippen molar-refractivity contribution in [3.8, 4) is 17.2 Å². The molecule has 0 unspecified atom stereocenters. The highest BCUT2D eigenvalue weighted by Gasteiger charge is 2.41. The normalized spacial score (nSPS) is 15.9. The van der Waals surface area contributed by atoms with Crippen molar-refractivity contribution in [3.05, 3.63) is 109 Å². The molecule has 18 heteroatoms. The van der Waals surface area contributed by atoms with E-state index in [-0.39, 0.29) is 12.0 Å². The predicted molar refractivity (Wildman–Crippen MR) is 186 cm³/mol. The highest BCUT2D eigenvalue weighted by atomic mass is 19.2. The second kappa shape index (κ2) is 15.6. The Kier molecular flexibility index (Phi) is 10.8. The average Bonchev–Trinajstić information content (AvgIpc) is 3.53. The zero-order valence-corrected chi connectivity index (χ0v) is 30.1. The van der Waals surface area contributed by atoms with E-state index in [4.69, 9.17) is 0 Å². The molecule has 10 nitrogen and oxygen atoms in total. The molecule has 0 radical (unpaired) electrons. The Hall–Kier alpha value is -6.20. The predicted octanol–water partition coefficient (Wildman–Crippen LogP) is 7.06. The van der Waals surface area contributed by atoms with Crippen LogP contribution in [0.1, 0.15) is 84.6 Å². The van der Waals surface area contributed by atoms with Crippen LogP contribution in [0, 0.1) is 46.5 Å². The van der Waals surface area contributed by atoms with Crippen LogP contribution in [0.5, 0.6) is 17.2 Å². The first-order chi connectivity index (χ1) is 27.7. The van der Waals surface area contributed by atoms with E-state index in [0.29, 0.717) is 24.2 Å². The third-order valence-corrected chi connectivity index (χ3v) is 10.6. The van der Waals surface area contributed by atoms with Gasteiger partial charge in [-0.05, 0) is 74.6 Å². The molecule has 4 aromatic carbocycles. The molecule has 0 aromatic heterocycles. The summed E-state index contributed by atoms with van der Waals surface area (Å²) in [6.45, 7) is 3.60. The molecule has 4 aromatic rings. The molecule has 0 spiro atoms. The SMILES string of the molecule is O=C1OC(=O)c2c(F)c(F)c(F)c(F)c21.O=COc1c(F)c(F)c(F)c(F)c1C(=O)c1cc2c3c(c1O)CCCN3CCC2.Oc1ccc2c3c1CCCN3CCC2. The molecule has 0 aliphatic carbocycles. The van der Waals surface area contributed by atoms with E-state index in [1.54, 1.807) is 0 Å². The highest BCUT2D eigenvalue weighted by Crippen LogP contribution is 2.44. The van der Waals surface area contributed by atoms with Crippen molar-refractivity contribution in [2.75, 3.05) is 36.0 Å². The van der Waals surface area contributed by atoms with Crippen LogP contribution in [0.3, 0.4) is 0 Å². The minimum atomic E-state index is -2.21. The maximum absolute atomic E-state index is 14.4. The minimum Gasteiger partial charge on any atom is -0.508 e. The number of hydrogen-bond acceptors (Lipinski definition) is 10. The number of phenolic OH excluding ortho intramolecular Hbond substituents is 2. The quantitative estimate of drug-likeness (QED) is 0.0420. The summed E-state index contributed by atoms with van der Waals surface area (Å²) in [4.78, 5) is 49.7. The van der Waals surface area contributed by atoms with Gasteiger partial charge in [0.15, 0.2) is 40.7 Å². The van der Waals surface area contributed by atoms with Crippen LogP contribution >= 0.6 is 0 Å². The molecular weight excluding hydrogens is 788 g/mol. The van der Waals surface area contributed by atoms with Crippen LogP contribution < -0.4 is 14.5 Å². The van der Waals surface area contributed by atoms with Gasteiger partial charge in [-0.1, -0.05) is 6.07 Å². The number of rotatable bonds is 4. The fraction of sp³-hybridized carbons (Fsp3) is 0.300. The Morgan fingerprint density at radius 3 is 1.69 bits per heavy atom. The number of carbonyl (C=O) groups excluding carboxylic acids is 4. The maximum atomic E-state index is 14.4. The molecule has 0 fully saturated rings. The number of fused-ring (bicyclic) bond motifs is 1. The zero-order valence-electron chi connectivity index (χ0n) is 30.1. The van der Waals surface area contributed by atoms with Gasteiger partial charge in [-0.3, -0.25) is 9.59 Å². The number of nitrogens with zero attached hydrogens (tertiary/aromatic N) is 2. The molecule has 2 N–H and O–H groups in total. The summed E-state index contributed by atoms with van der Waals surface area (Å²) in [7, 11) is 0. The number of aromatic hydroxyl groups is 2. The fourth-order valence-electron chi connectivity index (χ4n) is 8.08. The summed E-state index contributed by atoms with van der Waals surface area (Å²) in [6, 6.07) is 5.30. The summed E-state index contributed by atoms with van der Waals surface area (Å²) >= 11 is 0. The monoisotopic (exact) mass is 818 g/mol. The van der Waals surface area contributed by atoms with Crippen molar-refractivity contribution in [1.29, 1.82) is 0 Å². The number of phenols is 2. The fourth-order valence-corrected chi connectivity index (χ4v) is 8.08. The first kappa shape index (κ1) is 40.0. The Morgan fingerprint density at radius 1 is 0.638 bits per heavy atom. The smallest absolute Gasteiger partial charge is 0.350 e. The number of ether oxygens (including phenoxy) is 2. The van der Waals surface area contributed by atoms with Gasteiger partial charge in [0, 0.05) is 48.7 Å². The number of anilines is 2. The molecule has 5 aliphatic rings. The lowest BCUT2D eigenvalue weighted by atomic mass is 9.87. The maximum Gasteiger partial charge on any atom is 0.350 e. The first-order valence-electron chi connectivity index (χ1n) is 18.0. The van der Waals surface area contributed by atoms with Gasteiger partial charge in [-0.25, -0.2) is 40.3 Å². The van der Waals surface area contributed by atoms with Crippen molar-refractivity contribution in [2.24, 2.45) is 0 Å². The standard InChI is InChI=1S/C20H15F4NO4.C12H15NO.C8F4O3/c21-13-12(20(29-8-26)16(24)15(23)14(13)22)19(28)11-7-9-3-1-5-25-6-2-4-10(17(9)25)18(11)27;14-11-6-5-9-3-1-7-13-8-2-4-10(11)12(9)13;9-3-1-2(8(14)15-7(1)13)4(10)6(12)5(3)11/h7-8,27H,1-6H2;5-6,14H,1-4,7-8H2;. The van der Waals surface area contributed by atoms with Crippen LogP contribution in [0.15, 0.2) is 18.2 Å². The van der Waals surface area contributed by atoms with Crippen molar-refractivity contribution < 1.29 is 74.0 Å². The molecule has 5 heterocycles. The van der Waals surface area contributed by atoms with E-state index in [9.17, 15) is 64.5 Å². The summed E-state index contributed by atoms with van der Waals surface area (Å²) in [6.07, 6.45) is 7.28. The number of ketones is 1. The summed E-state index contributed by atoms with van der Waals surface area (Å²) in [5.74, 6) is -22.3. The Balaban J connectivity index is 0.000000147. The van der Waals surface area contributed by atoms with Crippen molar-refractivity contribution in [2.45, 2.75) is 51.4 Å². The summed E-state index contributed by atoms with van der Waals surface area (Å²) in [5.41, 5.74) is 1.93. The van der Waals surface area contributed by atoms with Gasteiger partial charge in [0.1, 0.15) is 28.2 Å². The van der Waals surface area contributed by atoms with E-state index >= 15 is 0 Å². The Labute approximate surface area is 323 Å². The van der Waals surface area contributed by atoms with Crippen LogP contribution in [-0.4, -0.2) is 60.6 Å². The lowest BCUT2D eigenvalue weighted by molar-refractivity contribution is -0.120. The van der Waals surface area contributed by atoms with E-state index < -0.39 is 92.4 Å². The molecule has 0 bridgehead atoms. The van der Waals surface area contributed by atoms with Gasteiger partial charge in [-0.2, -0.15) is 4.39 Å².